The van der Waals surface area contributed by atoms with Crippen LogP contribution in [-0.2, 0) is 14.1 Å². The Balaban J connectivity index is 2.16. The van der Waals surface area contributed by atoms with Crippen LogP contribution in [0.4, 0.5) is 0 Å². The highest BCUT2D eigenvalue weighted by Gasteiger charge is 2.53. The van der Waals surface area contributed by atoms with Crippen molar-refractivity contribution >= 4 is 23.9 Å². The van der Waals surface area contributed by atoms with Crippen molar-refractivity contribution in [3.63, 3.8) is 0 Å². The van der Waals surface area contributed by atoms with Crippen molar-refractivity contribution < 1.29 is 14.1 Å². The highest BCUT2D eigenvalue weighted by atomic mass is 16.7. The first-order chi connectivity index (χ1) is 13.7. The van der Waals surface area contributed by atoms with Crippen LogP contribution in [0.25, 0.3) is 11.0 Å². The third-order valence-electron chi connectivity index (χ3n) is 6.07. The van der Waals surface area contributed by atoms with Crippen LogP contribution in [-0.4, -0.2) is 24.1 Å². The van der Waals surface area contributed by atoms with Gasteiger partial charge in [0.05, 0.1) is 11.2 Å². The molecule has 0 saturated carbocycles. The zero-order valence-corrected chi connectivity index (χ0v) is 18.2. The summed E-state index contributed by atoms with van der Waals surface area (Å²) >= 11 is 0. The van der Waals surface area contributed by atoms with Gasteiger partial charge in [-0.05, 0) is 56.3 Å². The number of ketones is 1. The van der Waals surface area contributed by atoms with Gasteiger partial charge in [0.25, 0.3) is 0 Å². The molecule has 0 aliphatic carbocycles. The lowest BCUT2D eigenvalue weighted by molar-refractivity contribution is -0.118. The van der Waals surface area contributed by atoms with Crippen LogP contribution in [0.15, 0.2) is 60.7 Å². The molecule has 0 bridgehead atoms. The predicted molar refractivity (Wildman–Crippen MR) is 120 cm³/mol. The minimum Gasteiger partial charge on any atom is -0.399 e. The number of carbonyl (C=O) groups excluding carboxylic acids is 1. The fraction of sp³-hybridized carbons (Fsp3) is 0.400. The van der Waals surface area contributed by atoms with Gasteiger partial charge in [0.15, 0.2) is 0 Å². The Hall–Kier alpha value is -2.17. The lowest BCUT2D eigenvalue weighted by Crippen LogP contribution is -2.41. The Labute approximate surface area is 175 Å². The molecule has 0 spiro atoms. The molecule has 29 heavy (non-hydrogen) atoms. The van der Waals surface area contributed by atoms with E-state index in [2.05, 4.69) is 52.0 Å². The van der Waals surface area contributed by atoms with E-state index in [0.29, 0.717) is 19.3 Å². The first kappa shape index (κ1) is 21.5. The molecule has 0 atom stereocenters. The fourth-order valence-electron chi connectivity index (χ4n) is 3.55. The second-order valence-corrected chi connectivity index (χ2v) is 8.60. The van der Waals surface area contributed by atoms with E-state index in [9.17, 15) is 4.79 Å². The molecule has 0 N–H and O–H groups in total. The van der Waals surface area contributed by atoms with E-state index in [4.69, 9.17) is 9.31 Å². The molecule has 3 nitrogen and oxygen atoms in total. The highest BCUT2D eigenvalue weighted by Crippen LogP contribution is 2.43. The van der Waals surface area contributed by atoms with Gasteiger partial charge in [-0.25, -0.2) is 0 Å². The van der Waals surface area contributed by atoms with E-state index in [-0.39, 0.29) is 5.78 Å². The number of hydrogen-bond acceptors (Lipinski definition) is 3. The van der Waals surface area contributed by atoms with E-state index in [1.807, 2.05) is 43.3 Å². The Morgan fingerprint density at radius 1 is 0.793 bits per heavy atom. The van der Waals surface area contributed by atoms with Gasteiger partial charge in [-0.2, -0.15) is 0 Å². The molecule has 2 aromatic rings. The summed E-state index contributed by atoms with van der Waals surface area (Å²) in [6.45, 7) is 10.2. The monoisotopic (exact) mass is 390 g/mol. The van der Waals surface area contributed by atoms with Crippen molar-refractivity contribution in [2.75, 3.05) is 0 Å². The maximum atomic E-state index is 12.1. The SMILES string of the molecule is CCC(=O)CC/C(=C(/B1OC(C)(C)C(C)(C)O1)c1ccccc1)c1ccccc1. The third kappa shape index (κ3) is 4.71. The van der Waals surface area contributed by atoms with E-state index in [1.54, 1.807) is 0 Å². The van der Waals surface area contributed by atoms with Gasteiger partial charge >= 0.3 is 7.12 Å². The zero-order chi connectivity index (χ0) is 21.1. The van der Waals surface area contributed by atoms with Crippen LogP contribution >= 0.6 is 0 Å². The molecule has 1 heterocycles. The topological polar surface area (TPSA) is 35.5 Å². The molecular formula is C25H31BO3. The Morgan fingerprint density at radius 2 is 1.28 bits per heavy atom. The van der Waals surface area contributed by atoms with Crippen LogP contribution in [0.1, 0.15) is 65.0 Å². The van der Waals surface area contributed by atoms with E-state index < -0.39 is 18.3 Å². The molecule has 1 aliphatic heterocycles. The van der Waals surface area contributed by atoms with Gasteiger partial charge in [0.2, 0.25) is 0 Å². The molecule has 152 valence electrons. The van der Waals surface area contributed by atoms with E-state index in [1.165, 1.54) is 0 Å². The summed E-state index contributed by atoms with van der Waals surface area (Å²) in [5.74, 6) is 0.264. The number of allylic oxidation sites excluding steroid dienone is 1. The number of rotatable bonds is 7. The third-order valence-corrected chi connectivity index (χ3v) is 6.07. The summed E-state index contributed by atoms with van der Waals surface area (Å²) in [5.41, 5.74) is 3.42. The maximum absolute atomic E-state index is 12.1. The van der Waals surface area contributed by atoms with Crippen LogP contribution in [0.2, 0.25) is 0 Å². The summed E-state index contributed by atoms with van der Waals surface area (Å²) in [6, 6.07) is 20.5. The fourth-order valence-corrected chi connectivity index (χ4v) is 3.55. The quantitative estimate of drug-likeness (QED) is 0.430. The van der Waals surface area contributed by atoms with E-state index >= 15 is 0 Å². The molecule has 3 rings (SSSR count). The van der Waals surface area contributed by atoms with Crippen molar-refractivity contribution in [3.05, 3.63) is 71.8 Å². The average Bonchev–Trinajstić information content (AvgIpc) is 2.92. The van der Waals surface area contributed by atoms with Crippen LogP contribution < -0.4 is 0 Å². The van der Waals surface area contributed by atoms with Gasteiger partial charge in [-0.1, -0.05) is 67.6 Å². The molecule has 0 unspecified atom stereocenters. The average molecular weight is 390 g/mol. The molecule has 1 saturated heterocycles. The molecule has 0 aromatic heterocycles. The van der Waals surface area contributed by atoms with Crippen LogP contribution in [0.5, 0.6) is 0 Å². The molecule has 4 heteroatoms. The highest BCUT2D eigenvalue weighted by molar-refractivity contribution is 6.71. The molecular weight excluding hydrogens is 359 g/mol. The van der Waals surface area contributed by atoms with Crippen LogP contribution in [0.3, 0.4) is 0 Å². The predicted octanol–water partition coefficient (Wildman–Crippen LogP) is 5.99. The summed E-state index contributed by atoms with van der Waals surface area (Å²) < 4.78 is 12.9. The number of hydrogen-bond donors (Lipinski definition) is 0. The molecule has 1 aliphatic rings. The van der Waals surface area contributed by atoms with Gasteiger partial charge in [0, 0.05) is 12.8 Å². The second kappa shape index (κ2) is 8.68. The second-order valence-electron chi connectivity index (χ2n) is 8.60. The lowest BCUT2D eigenvalue weighted by Gasteiger charge is -2.32. The van der Waals surface area contributed by atoms with Gasteiger partial charge in [-0.3, -0.25) is 4.79 Å². The summed E-state index contributed by atoms with van der Waals surface area (Å²) in [4.78, 5) is 12.1. The first-order valence-corrected chi connectivity index (χ1v) is 10.5. The first-order valence-electron chi connectivity index (χ1n) is 10.5. The number of benzene rings is 2. The summed E-state index contributed by atoms with van der Waals surface area (Å²) in [5, 5.41) is 0. The Morgan fingerprint density at radius 3 is 1.76 bits per heavy atom. The normalized spacial score (nSPS) is 18.4. The van der Waals surface area contributed by atoms with Crippen molar-refractivity contribution in [2.24, 2.45) is 0 Å². The van der Waals surface area contributed by atoms with Crippen molar-refractivity contribution in [1.29, 1.82) is 0 Å². The number of Topliss-reactive ketones (excluding diaryl/α,β-unsaturated/α-hetero) is 1. The maximum Gasteiger partial charge on any atom is 0.495 e. The minimum atomic E-state index is -0.491. The smallest absolute Gasteiger partial charge is 0.399 e. The van der Waals surface area contributed by atoms with Gasteiger partial charge in [-0.15, -0.1) is 0 Å². The molecule has 1 fully saturated rings. The Bertz CT molecular complexity index is 853. The van der Waals surface area contributed by atoms with Gasteiger partial charge < -0.3 is 9.31 Å². The molecule has 2 aromatic carbocycles. The largest absolute Gasteiger partial charge is 0.495 e. The number of carbonyl (C=O) groups is 1. The van der Waals surface area contributed by atoms with E-state index in [0.717, 1.165) is 22.2 Å². The summed E-state index contributed by atoms with van der Waals surface area (Å²) in [6.07, 6.45) is 1.72. The molecule has 0 amide bonds. The van der Waals surface area contributed by atoms with Crippen molar-refractivity contribution in [2.45, 2.75) is 65.1 Å². The van der Waals surface area contributed by atoms with Gasteiger partial charge in [0.1, 0.15) is 5.78 Å². The standard InChI is InChI=1S/C25H31BO3/c1-6-21(27)17-18-22(19-13-9-7-10-14-19)23(20-15-11-8-12-16-20)26-28-24(2,3)25(4,5)29-26/h7-16H,6,17-18H2,1-5H3/b23-22-. The van der Waals surface area contributed by atoms with Crippen molar-refractivity contribution in [1.82, 2.24) is 0 Å². The zero-order valence-electron chi connectivity index (χ0n) is 18.2. The van der Waals surface area contributed by atoms with Crippen molar-refractivity contribution in [3.8, 4) is 0 Å². The lowest BCUT2D eigenvalue weighted by atomic mass is 9.69. The van der Waals surface area contributed by atoms with Crippen LogP contribution in [0, 0.1) is 0 Å². The minimum absolute atomic E-state index is 0.264. The summed E-state index contributed by atoms with van der Waals surface area (Å²) in [7, 11) is -0.491. The molecule has 0 radical (unpaired) electrons. The Kier molecular flexibility index (Phi) is 6.45.